The van der Waals surface area contributed by atoms with E-state index in [1.54, 1.807) is 6.07 Å². The average molecular weight is 347 g/mol. The molecule has 0 amide bonds. The summed E-state index contributed by atoms with van der Waals surface area (Å²) < 4.78 is 9.87. The van der Waals surface area contributed by atoms with Crippen LogP contribution in [0.25, 0.3) is 44.2 Å². The molecule has 0 aliphatic carbocycles. The first kappa shape index (κ1) is 14.9. The van der Waals surface area contributed by atoms with E-state index in [2.05, 4.69) is 24.0 Å². The first-order valence-corrected chi connectivity index (χ1v) is 8.48. The summed E-state index contributed by atoms with van der Waals surface area (Å²) in [6.45, 7) is 4.17. The van der Waals surface area contributed by atoms with E-state index in [0.717, 1.165) is 33.1 Å². The number of fused-ring (bicyclic) bond motifs is 4. The number of hydrogen-bond donors (Lipinski definition) is 1. The van der Waals surface area contributed by atoms with Crippen molar-refractivity contribution in [1.82, 2.24) is 24.5 Å². The molecule has 5 aromatic rings. The molecule has 26 heavy (non-hydrogen) atoms. The van der Waals surface area contributed by atoms with Crippen LogP contribution in [0.5, 0.6) is 0 Å². The van der Waals surface area contributed by atoms with Gasteiger partial charge in [0.15, 0.2) is 16.7 Å². The maximum absolute atomic E-state index is 11.7. The Bertz CT molecular complexity index is 1350. The summed E-state index contributed by atoms with van der Waals surface area (Å²) in [6, 6.07) is 5.08. The number of aromatic amines is 1. The van der Waals surface area contributed by atoms with Crippen molar-refractivity contribution in [2.45, 2.75) is 19.9 Å². The zero-order chi connectivity index (χ0) is 18.0. The van der Waals surface area contributed by atoms with Crippen LogP contribution >= 0.6 is 0 Å². The number of aromatic nitrogens is 5. The van der Waals surface area contributed by atoms with Gasteiger partial charge in [0, 0.05) is 53.4 Å². The third kappa shape index (κ3) is 1.97. The standard InChI is InChI=1S/C19H17N5O2/c1-10(2)24-9-11(7-21-24)16-14-8-20-23(3)19(14)22-17-13-5-4-12(25)6-15(13)26-18(16)17/h4-10,20H,1-3H3. The van der Waals surface area contributed by atoms with Gasteiger partial charge >= 0.3 is 0 Å². The lowest BCUT2D eigenvalue weighted by molar-refractivity contribution is 0.532. The molecule has 7 nitrogen and oxygen atoms in total. The van der Waals surface area contributed by atoms with Crippen LogP contribution in [-0.4, -0.2) is 24.5 Å². The molecule has 0 atom stereocenters. The van der Waals surface area contributed by atoms with Gasteiger partial charge in [-0.25, -0.2) is 4.98 Å². The fraction of sp³-hybridized carbons (Fsp3) is 0.211. The molecule has 0 fully saturated rings. The predicted molar refractivity (Wildman–Crippen MR) is 100 cm³/mol. The minimum atomic E-state index is -0.0800. The topological polar surface area (TPSA) is 81.6 Å². The fourth-order valence-corrected chi connectivity index (χ4v) is 3.40. The highest BCUT2D eigenvalue weighted by Crippen LogP contribution is 2.38. The molecular formula is C19H17N5O2. The second-order valence-corrected chi connectivity index (χ2v) is 6.80. The molecule has 0 unspecified atom stereocenters. The molecular weight excluding hydrogens is 330 g/mol. The van der Waals surface area contributed by atoms with E-state index in [0.29, 0.717) is 11.2 Å². The molecule has 4 aromatic heterocycles. The molecule has 0 saturated carbocycles. The van der Waals surface area contributed by atoms with Gasteiger partial charge < -0.3 is 9.52 Å². The minimum absolute atomic E-state index is 0.0800. The van der Waals surface area contributed by atoms with E-state index in [9.17, 15) is 4.79 Å². The van der Waals surface area contributed by atoms with Crippen molar-refractivity contribution in [3.8, 4) is 11.1 Å². The lowest BCUT2D eigenvalue weighted by atomic mass is 10.1. The third-order valence-corrected chi connectivity index (χ3v) is 4.73. The van der Waals surface area contributed by atoms with Gasteiger partial charge in [-0.05, 0) is 26.0 Å². The zero-order valence-electron chi connectivity index (χ0n) is 14.6. The molecule has 7 heteroatoms. The third-order valence-electron chi connectivity index (χ3n) is 4.73. The Hall–Kier alpha value is -3.35. The Morgan fingerprint density at radius 1 is 1.23 bits per heavy atom. The number of rotatable bonds is 2. The highest BCUT2D eigenvalue weighted by atomic mass is 16.3. The van der Waals surface area contributed by atoms with Gasteiger partial charge in [0.05, 0.1) is 6.20 Å². The number of pyridine rings is 1. The Morgan fingerprint density at radius 2 is 2.08 bits per heavy atom. The number of aryl methyl sites for hydroxylation is 1. The number of nitrogens with zero attached hydrogens (tertiary/aromatic N) is 4. The van der Waals surface area contributed by atoms with Gasteiger partial charge in [-0.1, -0.05) is 0 Å². The van der Waals surface area contributed by atoms with Crippen molar-refractivity contribution in [3.05, 3.63) is 47.0 Å². The van der Waals surface area contributed by atoms with Crippen molar-refractivity contribution >= 4 is 33.1 Å². The average Bonchev–Trinajstić information content (AvgIpc) is 3.30. The maximum atomic E-state index is 11.7. The van der Waals surface area contributed by atoms with Crippen molar-refractivity contribution in [2.75, 3.05) is 0 Å². The largest absolute Gasteiger partial charge is 0.454 e. The molecule has 130 valence electrons. The van der Waals surface area contributed by atoms with Crippen LogP contribution in [0.1, 0.15) is 19.9 Å². The lowest BCUT2D eigenvalue weighted by Crippen LogP contribution is -1.99. The number of furan rings is 1. The molecule has 1 N–H and O–H groups in total. The maximum Gasteiger partial charge on any atom is 0.182 e. The monoisotopic (exact) mass is 347 g/mol. The van der Waals surface area contributed by atoms with Gasteiger partial charge in [-0.2, -0.15) is 5.10 Å². The smallest absolute Gasteiger partial charge is 0.182 e. The number of benzene rings is 1. The number of nitrogens with one attached hydrogen (secondary N) is 1. The van der Waals surface area contributed by atoms with E-state index in [1.165, 1.54) is 12.1 Å². The molecule has 0 aliphatic heterocycles. The van der Waals surface area contributed by atoms with E-state index in [4.69, 9.17) is 9.40 Å². The normalized spacial score (nSPS) is 12.2. The van der Waals surface area contributed by atoms with Gasteiger partial charge in [0.1, 0.15) is 11.1 Å². The second kappa shape index (κ2) is 5.08. The van der Waals surface area contributed by atoms with Crippen molar-refractivity contribution in [1.29, 1.82) is 0 Å². The summed E-state index contributed by atoms with van der Waals surface area (Å²) in [5, 5.41) is 9.42. The van der Waals surface area contributed by atoms with E-state index >= 15 is 0 Å². The number of hydrogen-bond acceptors (Lipinski definition) is 4. The molecule has 5 rings (SSSR count). The summed E-state index contributed by atoms with van der Waals surface area (Å²) in [5.41, 5.74) is 4.59. The molecule has 0 radical (unpaired) electrons. The Labute approximate surface area is 147 Å². The zero-order valence-corrected chi connectivity index (χ0v) is 14.6. The summed E-state index contributed by atoms with van der Waals surface area (Å²) in [4.78, 5) is 16.5. The SMILES string of the molecule is CC(C)n1cc(-c2c3c[nH]n(C)c3nc3c2oc2cc(=O)ccc23)cn1. The highest BCUT2D eigenvalue weighted by Gasteiger charge is 2.20. The van der Waals surface area contributed by atoms with Crippen molar-refractivity contribution < 1.29 is 4.42 Å². The molecule has 0 saturated heterocycles. The lowest BCUT2D eigenvalue weighted by Gasteiger charge is -2.04. The van der Waals surface area contributed by atoms with Gasteiger partial charge in [-0.3, -0.25) is 14.2 Å². The van der Waals surface area contributed by atoms with Gasteiger partial charge in [-0.15, -0.1) is 0 Å². The molecule has 0 spiro atoms. The van der Waals surface area contributed by atoms with Crippen molar-refractivity contribution in [2.24, 2.45) is 7.05 Å². The van der Waals surface area contributed by atoms with E-state index < -0.39 is 0 Å². The number of H-pyrrole nitrogens is 1. The second-order valence-electron chi connectivity index (χ2n) is 6.80. The first-order valence-electron chi connectivity index (χ1n) is 8.48. The molecule has 1 aromatic carbocycles. The summed E-state index contributed by atoms with van der Waals surface area (Å²) >= 11 is 0. The predicted octanol–water partition coefficient (Wildman–Crippen LogP) is 3.61. The van der Waals surface area contributed by atoms with Crippen LogP contribution in [-0.2, 0) is 7.05 Å². The first-order chi connectivity index (χ1) is 12.5. The molecule has 0 bridgehead atoms. The van der Waals surface area contributed by atoms with E-state index in [1.807, 2.05) is 35.0 Å². The fourth-order valence-electron chi connectivity index (χ4n) is 3.40. The van der Waals surface area contributed by atoms with Gasteiger partial charge in [0.25, 0.3) is 0 Å². The van der Waals surface area contributed by atoms with Crippen LogP contribution in [0.2, 0.25) is 0 Å². The summed E-state index contributed by atoms with van der Waals surface area (Å²) in [7, 11) is 1.92. The Balaban J connectivity index is 1.96. The van der Waals surface area contributed by atoms with Crippen LogP contribution in [0.3, 0.4) is 0 Å². The van der Waals surface area contributed by atoms with Crippen LogP contribution in [0.4, 0.5) is 0 Å². The molecule has 4 heterocycles. The van der Waals surface area contributed by atoms with E-state index in [-0.39, 0.29) is 11.5 Å². The quantitative estimate of drug-likeness (QED) is 0.529. The van der Waals surface area contributed by atoms with Crippen LogP contribution in [0.15, 0.2) is 46.0 Å². The minimum Gasteiger partial charge on any atom is -0.454 e. The summed E-state index contributed by atoms with van der Waals surface area (Å²) in [6.07, 6.45) is 5.77. The van der Waals surface area contributed by atoms with Crippen LogP contribution in [0, 0.1) is 0 Å². The Morgan fingerprint density at radius 3 is 2.85 bits per heavy atom. The highest BCUT2D eigenvalue weighted by molar-refractivity contribution is 6.14. The van der Waals surface area contributed by atoms with Crippen LogP contribution < -0.4 is 5.43 Å². The molecule has 0 aliphatic rings. The van der Waals surface area contributed by atoms with Crippen molar-refractivity contribution in [3.63, 3.8) is 0 Å². The summed E-state index contributed by atoms with van der Waals surface area (Å²) in [5.74, 6) is 0. The van der Waals surface area contributed by atoms with Gasteiger partial charge in [0.2, 0.25) is 0 Å². The Kier molecular flexibility index (Phi) is 2.92.